The van der Waals surface area contributed by atoms with Gasteiger partial charge in [0.15, 0.2) is 0 Å². The highest BCUT2D eigenvalue weighted by molar-refractivity contribution is 5.85. The molecular weight excluding hydrogens is 317 g/mol. The first-order chi connectivity index (χ1) is 9.91. The first-order valence-corrected chi connectivity index (χ1v) is 7.97. The molecule has 0 aromatic rings. The fourth-order valence-corrected chi connectivity index (χ4v) is 3.71. The Morgan fingerprint density at radius 2 is 1.91 bits per heavy atom. The van der Waals surface area contributed by atoms with Gasteiger partial charge in [-0.25, -0.2) is 0 Å². The van der Waals surface area contributed by atoms with Gasteiger partial charge >= 0.3 is 6.18 Å². The maximum atomic E-state index is 12.8. The second-order valence-corrected chi connectivity index (χ2v) is 6.47. The van der Waals surface area contributed by atoms with Gasteiger partial charge in [-0.2, -0.15) is 13.2 Å². The highest BCUT2D eigenvalue weighted by Gasteiger charge is 2.44. The van der Waals surface area contributed by atoms with Gasteiger partial charge in [-0.1, -0.05) is 6.42 Å². The molecule has 22 heavy (non-hydrogen) atoms. The zero-order chi connectivity index (χ0) is 15.5. The SMILES string of the molecule is Cl.NCCC1CCCN(C(=O)C2CCCC(C(F)(F)F)C2)C1. The lowest BCUT2D eigenvalue weighted by Crippen LogP contribution is -2.45. The molecule has 1 saturated heterocycles. The maximum absolute atomic E-state index is 12.8. The second-order valence-electron chi connectivity index (χ2n) is 6.47. The molecule has 2 fully saturated rings. The highest BCUT2D eigenvalue weighted by atomic mass is 35.5. The summed E-state index contributed by atoms with van der Waals surface area (Å²) in [6.07, 6.45) is -0.0290. The summed E-state index contributed by atoms with van der Waals surface area (Å²) >= 11 is 0. The van der Waals surface area contributed by atoms with E-state index < -0.39 is 18.0 Å². The Balaban J connectivity index is 0.00000242. The summed E-state index contributed by atoms with van der Waals surface area (Å²) in [5.74, 6) is -1.40. The van der Waals surface area contributed by atoms with Gasteiger partial charge in [0.2, 0.25) is 5.91 Å². The smallest absolute Gasteiger partial charge is 0.342 e. The van der Waals surface area contributed by atoms with E-state index in [2.05, 4.69) is 0 Å². The fraction of sp³-hybridized carbons (Fsp3) is 0.933. The predicted molar refractivity (Wildman–Crippen MR) is 81.7 cm³/mol. The van der Waals surface area contributed by atoms with Gasteiger partial charge in [0.1, 0.15) is 0 Å². The normalized spacial score (nSPS) is 29.8. The van der Waals surface area contributed by atoms with Crippen LogP contribution in [0.15, 0.2) is 0 Å². The summed E-state index contributed by atoms with van der Waals surface area (Å²) in [6, 6.07) is 0. The Kier molecular flexibility index (Phi) is 7.46. The first kappa shape index (κ1) is 19.6. The van der Waals surface area contributed by atoms with E-state index >= 15 is 0 Å². The first-order valence-electron chi connectivity index (χ1n) is 7.97. The Hall–Kier alpha value is -0.490. The van der Waals surface area contributed by atoms with Crippen molar-refractivity contribution in [3.63, 3.8) is 0 Å². The molecule has 0 bridgehead atoms. The molecule has 2 N–H and O–H groups in total. The molecule has 2 rings (SSSR count). The summed E-state index contributed by atoms with van der Waals surface area (Å²) in [6.45, 7) is 1.96. The van der Waals surface area contributed by atoms with Crippen LogP contribution in [0.4, 0.5) is 13.2 Å². The Bertz CT molecular complexity index is 363. The summed E-state index contributed by atoms with van der Waals surface area (Å²) in [5, 5.41) is 0. The van der Waals surface area contributed by atoms with Crippen molar-refractivity contribution in [2.75, 3.05) is 19.6 Å². The van der Waals surface area contributed by atoms with E-state index in [1.54, 1.807) is 4.90 Å². The predicted octanol–water partition coefficient (Wildman–Crippen LogP) is 3.36. The molecule has 1 heterocycles. The van der Waals surface area contributed by atoms with Crippen LogP contribution in [0.25, 0.3) is 0 Å². The summed E-state index contributed by atoms with van der Waals surface area (Å²) < 4.78 is 38.5. The van der Waals surface area contributed by atoms with Gasteiger partial charge in [0.25, 0.3) is 0 Å². The zero-order valence-corrected chi connectivity index (χ0v) is 13.6. The number of carbonyl (C=O) groups is 1. The van der Waals surface area contributed by atoms with E-state index in [0.29, 0.717) is 38.4 Å². The minimum absolute atomic E-state index is 0. The molecular formula is C15H26ClF3N2O. The number of alkyl halides is 3. The van der Waals surface area contributed by atoms with Crippen molar-refractivity contribution in [1.82, 2.24) is 4.90 Å². The summed E-state index contributed by atoms with van der Waals surface area (Å²) in [4.78, 5) is 14.3. The average Bonchev–Trinajstić information content (AvgIpc) is 2.46. The summed E-state index contributed by atoms with van der Waals surface area (Å²) in [7, 11) is 0. The average molecular weight is 343 g/mol. The van der Waals surface area contributed by atoms with Gasteiger partial charge in [0, 0.05) is 19.0 Å². The molecule has 3 unspecified atom stereocenters. The van der Waals surface area contributed by atoms with Crippen LogP contribution in [0.5, 0.6) is 0 Å². The van der Waals surface area contributed by atoms with E-state index in [-0.39, 0.29) is 31.2 Å². The quantitative estimate of drug-likeness (QED) is 0.854. The van der Waals surface area contributed by atoms with Crippen molar-refractivity contribution in [3.05, 3.63) is 0 Å². The number of hydrogen-bond acceptors (Lipinski definition) is 2. The zero-order valence-electron chi connectivity index (χ0n) is 12.8. The minimum atomic E-state index is -4.16. The van der Waals surface area contributed by atoms with Crippen LogP contribution in [-0.4, -0.2) is 36.6 Å². The number of amides is 1. The topological polar surface area (TPSA) is 46.3 Å². The molecule has 0 aromatic carbocycles. The van der Waals surface area contributed by atoms with Crippen molar-refractivity contribution in [2.24, 2.45) is 23.5 Å². The van der Waals surface area contributed by atoms with Crippen LogP contribution in [0.1, 0.15) is 44.9 Å². The lowest BCUT2D eigenvalue weighted by atomic mass is 9.80. The van der Waals surface area contributed by atoms with Crippen LogP contribution in [0.2, 0.25) is 0 Å². The van der Waals surface area contributed by atoms with E-state index in [1.807, 2.05) is 0 Å². The monoisotopic (exact) mass is 342 g/mol. The van der Waals surface area contributed by atoms with E-state index in [0.717, 1.165) is 19.3 Å². The van der Waals surface area contributed by atoms with Crippen molar-refractivity contribution in [3.8, 4) is 0 Å². The van der Waals surface area contributed by atoms with Crippen LogP contribution in [0, 0.1) is 17.8 Å². The van der Waals surface area contributed by atoms with Crippen LogP contribution in [0.3, 0.4) is 0 Å². The van der Waals surface area contributed by atoms with Gasteiger partial charge < -0.3 is 10.6 Å². The molecule has 1 aliphatic heterocycles. The van der Waals surface area contributed by atoms with Gasteiger partial charge in [-0.15, -0.1) is 12.4 Å². The molecule has 3 nitrogen and oxygen atoms in total. The number of piperidine rings is 1. The molecule has 2 aliphatic rings. The van der Waals surface area contributed by atoms with E-state index in [9.17, 15) is 18.0 Å². The standard InChI is InChI=1S/C15H25F3N2O.ClH/c16-15(17,18)13-5-1-4-12(9-13)14(21)20-8-2-3-11(10-20)6-7-19;/h11-13H,1-10,19H2;1H. The Morgan fingerprint density at radius 3 is 2.55 bits per heavy atom. The largest absolute Gasteiger partial charge is 0.391 e. The van der Waals surface area contributed by atoms with Crippen molar-refractivity contribution < 1.29 is 18.0 Å². The molecule has 7 heteroatoms. The van der Waals surface area contributed by atoms with Crippen molar-refractivity contribution >= 4 is 18.3 Å². The maximum Gasteiger partial charge on any atom is 0.391 e. The third-order valence-electron chi connectivity index (χ3n) is 4.89. The highest BCUT2D eigenvalue weighted by Crippen LogP contribution is 2.40. The van der Waals surface area contributed by atoms with E-state index in [1.165, 1.54) is 0 Å². The van der Waals surface area contributed by atoms with Crippen molar-refractivity contribution in [1.29, 1.82) is 0 Å². The van der Waals surface area contributed by atoms with Crippen LogP contribution >= 0.6 is 12.4 Å². The van der Waals surface area contributed by atoms with E-state index in [4.69, 9.17) is 5.73 Å². The van der Waals surface area contributed by atoms with Crippen LogP contribution in [-0.2, 0) is 4.79 Å². The number of carbonyl (C=O) groups excluding carboxylic acids is 1. The third-order valence-corrected chi connectivity index (χ3v) is 4.89. The number of rotatable bonds is 3. The Labute approximate surface area is 136 Å². The van der Waals surface area contributed by atoms with Gasteiger partial charge in [-0.3, -0.25) is 4.79 Å². The number of nitrogens with zero attached hydrogens (tertiary/aromatic N) is 1. The fourth-order valence-electron chi connectivity index (χ4n) is 3.71. The van der Waals surface area contributed by atoms with Crippen LogP contribution < -0.4 is 5.73 Å². The lowest BCUT2D eigenvalue weighted by molar-refractivity contribution is -0.187. The molecule has 3 atom stereocenters. The molecule has 130 valence electrons. The second kappa shape index (κ2) is 8.39. The van der Waals surface area contributed by atoms with Gasteiger partial charge in [-0.05, 0) is 51.0 Å². The Morgan fingerprint density at radius 1 is 1.18 bits per heavy atom. The number of nitrogens with two attached hydrogens (primary N) is 1. The molecule has 0 spiro atoms. The minimum Gasteiger partial charge on any atom is -0.342 e. The number of hydrogen-bond donors (Lipinski definition) is 1. The summed E-state index contributed by atoms with van der Waals surface area (Å²) in [5.41, 5.74) is 5.56. The molecule has 0 radical (unpaired) electrons. The molecule has 0 aromatic heterocycles. The lowest BCUT2D eigenvalue weighted by Gasteiger charge is -2.37. The third kappa shape index (κ3) is 5.01. The molecule has 1 saturated carbocycles. The molecule has 1 aliphatic carbocycles. The number of halogens is 4. The molecule has 1 amide bonds. The van der Waals surface area contributed by atoms with Crippen molar-refractivity contribution in [2.45, 2.75) is 51.1 Å². The number of likely N-dealkylation sites (tertiary alicyclic amines) is 1. The van der Waals surface area contributed by atoms with Gasteiger partial charge in [0.05, 0.1) is 5.92 Å².